The molecule has 3 amide bonds. The van der Waals surface area contributed by atoms with Crippen molar-refractivity contribution in [1.29, 1.82) is 0 Å². The first-order valence-electron chi connectivity index (χ1n) is 12.2. The van der Waals surface area contributed by atoms with E-state index in [2.05, 4.69) is 21.1 Å². The highest BCUT2D eigenvalue weighted by Crippen LogP contribution is 2.29. The normalized spacial score (nSPS) is 19.1. The van der Waals surface area contributed by atoms with E-state index in [-0.39, 0.29) is 37.2 Å². The van der Waals surface area contributed by atoms with Gasteiger partial charge in [0.2, 0.25) is 11.8 Å². The highest BCUT2D eigenvalue weighted by Gasteiger charge is 2.50. The molecule has 1 aromatic rings. The minimum atomic E-state index is -1.15. The number of aromatic nitrogens is 1. The molecule has 1 saturated heterocycles. The van der Waals surface area contributed by atoms with Crippen molar-refractivity contribution in [3.05, 3.63) is 17.5 Å². The Morgan fingerprint density at radius 3 is 2.11 bits per heavy atom. The molecular weight excluding hydrogens is 488 g/mol. The fourth-order valence-electron chi connectivity index (χ4n) is 3.49. The zero-order valence-corrected chi connectivity index (χ0v) is 22.3. The summed E-state index contributed by atoms with van der Waals surface area (Å²) in [6, 6.07) is -1.66. The van der Waals surface area contributed by atoms with Gasteiger partial charge in [-0.05, 0) is 26.2 Å². The van der Waals surface area contributed by atoms with Gasteiger partial charge in [0.05, 0.1) is 25.9 Å². The number of rotatable bonds is 17. The molecule has 2 heterocycles. The lowest BCUT2D eigenvalue weighted by Crippen LogP contribution is -2.58. The van der Waals surface area contributed by atoms with E-state index in [1.54, 1.807) is 6.92 Å². The number of carbonyl (C=O) groups excluding carboxylic acids is 4. The van der Waals surface area contributed by atoms with Crippen LogP contribution in [0.3, 0.4) is 0 Å². The molecule has 0 spiro atoms. The number of epoxide rings is 1. The van der Waals surface area contributed by atoms with Crippen LogP contribution >= 0.6 is 0 Å². The molecule has 208 valence electrons. The molecule has 13 heteroatoms. The molecule has 0 bridgehead atoms. The molecular formula is C24H38N4O9. The molecule has 37 heavy (non-hydrogen) atoms. The van der Waals surface area contributed by atoms with Crippen LogP contribution < -0.4 is 16.0 Å². The van der Waals surface area contributed by atoms with Gasteiger partial charge >= 0.3 is 0 Å². The zero-order valence-electron chi connectivity index (χ0n) is 22.3. The summed E-state index contributed by atoms with van der Waals surface area (Å²) in [6.07, 6.45) is 0.405. The summed E-state index contributed by atoms with van der Waals surface area (Å²) in [6.45, 7) is 7.94. The second kappa shape index (κ2) is 14.2. The fourth-order valence-corrected chi connectivity index (χ4v) is 3.49. The first kappa shape index (κ1) is 30.4. The van der Waals surface area contributed by atoms with Crippen LogP contribution in [0.25, 0.3) is 0 Å². The number of Topliss-reactive ketones (excluding diaryl/α,β-unsaturated/α-hetero) is 1. The van der Waals surface area contributed by atoms with E-state index in [9.17, 15) is 19.2 Å². The van der Waals surface area contributed by atoms with Gasteiger partial charge < -0.3 is 39.4 Å². The lowest BCUT2D eigenvalue weighted by atomic mass is 9.93. The highest BCUT2D eigenvalue weighted by atomic mass is 16.6. The van der Waals surface area contributed by atoms with Gasteiger partial charge in [-0.1, -0.05) is 19.0 Å². The van der Waals surface area contributed by atoms with Crippen LogP contribution in [0, 0.1) is 5.92 Å². The Morgan fingerprint density at radius 2 is 1.59 bits per heavy atom. The predicted octanol–water partition coefficient (Wildman–Crippen LogP) is -0.0240. The number of amides is 3. The van der Waals surface area contributed by atoms with Crippen molar-refractivity contribution in [2.45, 2.75) is 64.4 Å². The standard InChI is InChI=1S/C24H38N4O9/c1-7-35-10-15-9-17(28-37-15)21(30)26-19(12-34-6)23(32)27-18(11-33-5)22(31)25-16(8-14(2)3)20(29)24(4)13-36-24/h9,14,16,18-19H,7-8,10-13H2,1-6H3,(H,25,31)(H,26,30)(H,27,32)/t16-,18-,19-,24+/m0/s1. The Morgan fingerprint density at radius 1 is 1.03 bits per heavy atom. The van der Waals surface area contributed by atoms with E-state index >= 15 is 0 Å². The Labute approximate surface area is 216 Å². The third-order valence-corrected chi connectivity index (χ3v) is 5.60. The van der Waals surface area contributed by atoms with Crippen LogP contribution in [0.1, 0.15) is 50.4 Å². The Balaban J connectivity index is 2.06. The summed E-state index contributed by atoms with van der Waals surface area (Å²) in [5.74, 6) is -1.70. The van der Waals surface area contributed by atoms with Gasteiger partial charge in [0.15, 0.2) is 17.2 Å². The van der Waals surface area contributed by atoms with Crippen LogP contribution in [0.5, 0.6) is 0 Å². The van der Waals surface area contributed by atoms with Crippen LogP contribution in [-0.2, 0) is 39.9 Å². The Hall–Kier alpha value is -2.87. The monoisotopic (exact) mass is 526 g/mol. The van der Waals surface area contributed by atoms with Gasteiger partial charge in [0.25, 0.3) is 5.91 Å². The largest absolute Gasteiger partial charge is 0.382 e. The molecule has 13 nitrogen and oxygen atoms in total. The number of nitrogens with zero attached hydrogens (tertiary/aromatic N) is 1. The van der Waals surface area contributed by atoms with Crippen molar-refractivity contribution in [2.75, 3.05) is 40.6 Å². The van der Waals surface area contributed by atoms with E-state index < -0.39 is 41.4 Å². The number of hydrogen-bond acceptors (Lipinski definition) is 10. The topological polar surface area (TPSA) is 171 Å². The van der Waals surface area contributed by atoms with Crippen molar-refractivity contribution in [2.24, 2.45) is 5.92 Å². The van der Waals surface area contributed by atoms with Gasteiger partial charge in [-0.25, -0.2) is 0 Å². The van der Waals surface area contributed by atoms with Gasteiger partial charge in [-0.15, -0.1) is 0 Å². The summed E-state index contributed by atoms with van der Waals surface area (Å²) in [5.41, 5.74) is -0.953. The highest BCUT2D eigenvalue weighted by molar-refractivity contribution is 5.99. The summed E-state index contributed by atoms with van der Waals surface area (Å²) < 4.78 is 25.7. The molecule has 1 aliphatic heterocycles. The molecule has 0 aromatic carbocycles. The summed E-state index contributed by atoms with van der Waals surface area (Å²) in [7, 11) is 2.74. The van der Waals surface area contributed by atoms with E-state index in [0.29, 0.717) is 25.4 Å². The molecule has 0 aliphatic carbocycles. The van der Waals surface area contributed by atoms with Crippen LogP contribution in [-0.4, -0.2) is 93.0 Å². The maximum atomic E-state index is 13.1. The SMILES string of the molecule is CCOCc1cc(C(=O)N[C@@H](COC)C(=O)N[C@@H](COC)C(=O)N[C@@H](CC(C)C)C(=O)[C@@]2(C)CO2)no1. The summed E-state index contributed by atoms with van der Waals surface area (Å²) in [4.78, 5) is 51.6. The molecule has 0 radical (unpaired) electrons. The summed E-state index contributed by atoms with van der Waals surface area (Å²) in [5, 5.41) is 11.5. The second-order valence-electron chi connectivity index (χ2n) is 9.39. The molecule has 0 saturated carbocycles. The number of nitrogens with one attached hydrogen (secondary N) is 3. The molecule has 1 aliphatic rings. The Bertz CT molecular complexity index is 929. The smallest absolute Gasteiger partial charge is 0.274 e. The van der Waals surface area contributed by atoms with Crippen molar-refractivity contribution >= 4 is 23.5 Å². The third-order valence-electron chi connectivity index (χ3n) is 5.60. The van der Waals surface area contributed by atoms with Crippen LogP contribution in [0.2, 0.25) is 0 Å². The first-order valence-corrected chi connectivity index (χ1v) is 12.2. The Kier molecular flexibility index (Phi) is 11.6. The van der Waals surface area contributed by atoms with Crippen molar-refractivity contribution < 1.29 is 42.6 Å². The minimum absolute atomic E-state index is 0.0411. The average Bonchev–Trinajstić information content (AvgIpc) is 3.42. The van der Waals surface area contributed by atoms with Gasteiger partial charge in [-0.2, -0.15) is 0 Å². The first-order chi connectivity index (χ1) is 17.5. The lowest BCUT2D eigenvalue weighted by Gasteiger charge is -2.26. The molecule has 1 fully saturated rings. The van der Waals surface area contributed by atoms with Gasteiger partial charge in [0.1, 0.15) is 24.3 Å². The number of hydrogen-bond donors (Lipinski definition) is 3. The quantitative estimate of drug-likeness (QED) is 0.234. The lowest BCUT2D eigenvalue weighted by molar-refractivity contribution is -0.134. The van der Waals surface area contributed by atoms with Gasteiger partial charge in [0, 0.05) is 26.9 Å². The predicted molar refractivity (Wildman–Crippen MR) is 130 cm³/mol. The second-order valence-corrected chi connectivity index (χ2v) is 9.39. The van der Waals surface area contributed by atoms with Crippen LogP contribution in [0.15, 0.2) is 10.6 Å². The van der Waals surface area contributed by atoms with Crippen molar-refractivity contribution in [3.8, 4) is 0 Å². The number of ketones is 1. The molecule has 2 rings (SSSR count). The zero-order chi connectivity index (χ0) is 27.6. The van der Waals surface area contributed by atoms with Crippen LogP contribution in [0.4, 0.5) is 0 Å². The maximum absolute atomic E-state index is 13.1. The van der Waals surface area contributed by atoms with Crippen molar-refractivity contribution in [1.82, 2.24) is 21.1 Å². The molecule has 4 atom stereocenters. The average molecular weight is 527 g/mol. The van der Waals surface area contributed by atoms with E-state index in [1.807, 2.05) is 20.8 Å². The van der Waals surface area contributed by atoms with E-state index in [0.717, 1.165) is 0 Å². The fraction of sp³-hybridized carbons (Fsp3) is 0.708. The maximum Gasteiger partial charge on any atom is 0.274 e. The number of carbonyl (C=O) groups is 4. The minimum Gasteiger partial charge on any atom is -0.382 e. The summed E-state index contributed by atoms with van der Waals surface area (Å²) >= 11 is 0. The van der Waals surface area contributed by atoms with Crippen molar-refractivity contribution in [3.63, 3.8) is 0 Å². The molecule has 0 unspecified atom stereocenters. The molecule has 1 aromatic heterocycles. The molecule has 3 N–H and O–H groups in total. The van der Waals surface area contributed by atoms with Gasteiger partial charge in [-0.3, -0.25) is 19.2 Å². The number of ether oxygens (including phenoxy) is 4. The third kappa shape index (κ3) is 9.18. The van der Waals surface area contributed by atoms with E-state index in [4.69, 9.17) is 23.5 Å². The van der Waals surface area contributed by atoms with E-state index in [1.165, 1.54) is 20.3 Å². The number of methoxy groups -OCH3 is 2.